The average molecular weight is 261 g/mol. The van der Waals surface area contributed by atoms with Gasteiger partial charge in [0, 0.05) is 0 Å². The lowest BCUT2D eigenvalue weighted by atomic mass is 9.87. The highest BCUT2D eigenvalue weighted by Crippen LogP contribution is 2.26. The van der Waals surface area contributed by atoms with Gasteiger partial charge in [-0.15, -0.1) is 0 Å². The summed E-state index contributed by atoms with van der Waals surface area (Å²) < 4.78 is 5.92. The standard InChI is InChI=1S/C17H27NO/c1-17(2,3)15-7-4-8-16(12-15)19-11-9-14-6-5-10-18-13-14/h4,7-8,12,14,18H,5-6,9-11,13H2,1-3H3/t14-/m0/s1. The maximum atomic E-state index is 5.92. The van der Waals surface area contributed by atoms with E-state index in [-0.39, 0.29) is 5.41 Å². The molecular formula is C17H27NO. The van der Waals surface area contributed by atoms with Crippen molar-refractivity contribution in [2.24, 2.45) is 5.92 Å². The summed E-state index contributed by atoms with van der Waals surface area (Å²) in [5.74, 6) is 1.80. The summed E-state index contributed by atoms with van der Waals surface area (Å²) in [6, 6.07) is 8.52. The first-order chi connectivity index (χ1) is 9.05. The third-order valence-electron chi connectivity index (χ3n) is 3.89. The lowest BCUT2D eigenvalue weighted by Crippen LogP contribution is -2.30. The van der Waals surface area contributed by atoms with Crippen molar-refractivity contribution in [3.05, 3.63) is 29.8 Å². The molecule has 1 aliphatic heterocycles. The molecule has 1 aromatic carbocycles. The number of hydrogen-bond donors (Lipinski definition) is 1. The van der Waals surface area contributed by atoms with E-state index >= 15 is 0 Å². The van der Waals surface area contributed by atoms with Crippen LogP contribution in [-0.2, 0) is 5.41 Å². The third kappa shape index (κ3) is 4.54. The predicted octanol–water partition coefficient (Wildman–Crippen LogP) is 3.75. The Morgan fingerprint density at radius 2 is 2.16 bits per heavy atom. The van der Waals surface area contributed by atoms with E-state index in [0.29, 0.717) is 0 Å². The van der Waals surface area contributed by atoms with Gasteiger partial charge in [0.1, 0.15) is 5.75 Å². The van der Waals surface area contributed by atoms with E-state index in [0.717, 1.165) is 31.2 Å². The molecule has 0 aromatic heterocycles. The molecule has 1 N–H and O–H groups in total. The van der Waals surface area contributed by atoms with Gasteiger partial charge in [-0.25, -0.2) is 0 Å². The average Bonchev–Trinajstić information content (AvgIpc) is 2.39. The zero-order valence-electron chi connectivity index (χ0n) is 12.5. The van der Waals surface area contributed by atoms with Crippen LogP contribution in [0.5, 0.6) is 5.75 Å². The molecule has 2 rings (SSSR count). The summed E-state index contributed by atoms with van der Waals surface area (Å²) in [7, 11) is 0. The Labute approximate surface area is 117 Å². The molecule has 0 unspecified atom stereocenters. The van der Waals surface area contributed by atoms with Gasteiger partial charge in [0.15, 0.2) is 0 Å². The van der Waals surface area contributed by atoms with Gasteiger partial charge in [-0.3, -0.25) is 0 Å². The molecule has 106 valence electrons. The summed E-state index contributed by atoms with van der Waals surface area (Å²) in [5.41, 5.74) is 1.52. The van der Waals surface area contributed by atoms with E-state index in [1.807, 2.05) is 0 Å². The van der Waals surface area contributed by atoms with Gasteiger partial charge in [0.2, 0.25) is 0 Å². The summed E-state index contributed by atoms with van der Waals surface area (Å²) in [4.78, 5) is 0. The molecule has 1 aromatic rings. The quantitative estimate of drug-likeness (QED) is 0.891. The Morgan fingerprint density at radius 1 is 1.32 bits per heavy atom. The second-order valence-electron chi connectivity index (χ2n) is 6.63. The molecule has 1 heterocycles. The largest absolute Gasteiger partial charge is 0.494 e. The summed E-state index contributed by atoms with van der Waals surface area (Å²) in [5, 5.41) is 3.46. The van der Waals surface area contributed by atoms with Crippen LogP contribution in [-0.4, -0.2) is 19.7 Å². The van der Waals surface area contributed by atoms with E-state index in [9.17, 15) is 0 Å². The molecule has 0 aliphatic carbocycles. The van der Waals surface area contributed by atoms with Crippen molar-refractivity contribution in [3.63, 3.8) is 0 Å². The Balaban J connectivity index is 1.82. The monoisotopic (exact) mass is 261 g/mol. The molecule has 0 spiro atoms. The van der Waals surface area contributed by atoms with Crippen LogP contribution >= 0.6 is 0 Å². The molecule has 1 atom stereocenters. The topological polar surface area (TPSA) is 21.3 Å². The molecule has 0 bridgehead atoms. The van der Waals surface area contributed by atoms with Crippen molar-refractivity contribution in [2.45, 2.75) is 45.4 Å². The van der Waals surface area contributed by atoms with Crippen molar-refractivity contribution in [3.8, 4) is 5.75 Å². The van der Waals surface area contributed by atoms with Crippen molar-refractivity contribution >= 4 is 0 Å². The van der Waals surface area contributed by atoms with Crippen molar-refractivity contribution in [1.82, 2.24) is 5.32 Å². The van der Waals surface area contributed by atoms with Gasteiger partial charge in [-0.2, -0.15) is 0 Å². The number of hydrogen-bond acceptors (Lipinski definition) is 2. The minimum absolute atomic E-state index is 0.187. The first kappa shape index (κ1) is 14.4. The van der Waals surface area contributed by atoms with E-state index in [2.05, 4.69) is 50.4 Å². The van der Waals surface area contributed by atoms with Crippen LogP contribution in [0.4, 0.5) is 0 Å². The molecule has 0 radical (unpaired) electrons. The highest BCUT2D eigenvalue weighted by Gasteiger charge is 2.15. The van der Waals surface area contributed by atoms with Gasteiger partial charge in [-0.05, 0) is 61.4 Å². The van der Waals surface area contributed by atoms with Crippen molar-refractivity contribution < 1.29 is 4.74 Å². The van der Waals surface area contributed by atoms with Crippen molar-refractivity contribution in [2.75, 3.05) is 19.7 Å². The zero-order valence-corrected chi connectivity index (χ0v) is 12.5. The number of nitrogens with one attached hydrogen (secondary N) is 1. The number of rotatable bonds is 4. The first-order valence-corrected chi connectivity index (χ1v) is 7.50. The fraction of sp³-hybridized carbons (Fsp3) is 0.647. The minimum atomic E-state index is 0.187. The highest BCUT2D eigenvalue weighted by molar-refractivity contribution is 5.32. The van der Waals surface area contributed by atoms with Gasteiger partial charge in [0.25, 0.3) is 0 Å². The molecule has 1 fully saturated rings. The molecule has 1 aliphatic rings. The van der Waals surface area contributed by atoms with E-state index in [1.54, 1.807) is 0 Å². The van der Waals surface area contributed by atoms with E-state index < -0.39 is 0 Å². The Morgan fingerprint density at radius 3 is 2.84 bits per heavy atom. The van der Waals surface area contributed by atoms with Crippen LogP contribution < -0.4 is 10.1 Å². The molecule has 19 heavy (non-hydrogen) atoms. The van der Waals surface area contributed by atoms with E-state index in [1.165, 1.54) is 24.9 Å². The second-order valence-corrected chi connectivity index (χ2v) is 6.63. The van der Waals surface area contributed by atoms with Crippen LogP contribution in [0.2, 0.25) is 0 Å². The van der Waals surface area contributed by atoms with Gasteiger partial charge in [0.05, 0.1) is 6.61 Å². The smallest absolute Gasteiger partial charge is 0.119 e. The first-order valence-electron chi connectivity index (χ1n) is 7.50. The molecular weight excluding hydrogens is 234 g/mol. The molecule has 2 nitrogen and oxygen atoms in total. The summed E-state index contributed by atoms with van der Waals surface area (Å²) in [6.45, 7) is 9.88. The molecule has 2 heteroatoms. The lowest BCUT2D eigenvalue weighted by molar-refractivity contribution is 0.253. The Kier molecular flexibility index (Phi) is 4.87. The predicted molar refractivity (Wildman–Crippen MR) is 80.8 cm³/mol. The SMILES string of the molecule is CC(C)(C)c1cccc(OCC[C@@H]2CCCNC2)c1. The molecule has 1 saturated heterocycles. The van der Waals surface area contributed by atoms with Crippen LogP contribution in [0.25, 0.3) is 0 Å². The van der Waals surface area contributed by atoms with Crippen LogP contribution in [0.3, 0.4) is 0 Å². The molecule has 0 saturated carbocycles. The maximum absolute atomic E-state index is 5.92. The van der Waals surface area contributed by atoms with Gasteiger partial charge >= 0.3 is 0 Å². The van der Waals surface area contributed by atoms with Gasteiger partial charge in [-0.1, -0.05) is 32.9 Å². The van der Waals surface area contributed by atoms with Gasteiger partial charge < -0.3 is 10.1 Å². The highest BCUT2D eigenvalue weighted by atomic mass is 16.5. The summed E-state index contributed by atoms with van der Waals surface area (Å²) in [6.07, 6.45) is 3.81. The summed E-state index contributed by atoms with van der Waals surface area (Å²) >= 11 is 0. The van der Waals surface area contributed by atoms with Crippen LogP contribution in [0, 0.1) is 5.92 Å². The molecule has 0 amide bonds. The Bertz CT molecular complexity index is 388. The fourth-order valence-corrected chi connectivity index (χ4v) is 2.57. The maximum Gasteiger partial charge on any atom is 0.119 e. The van der Waals surface area contributed by atoms with Crippen LogP contribution in [0.1, 0.15) is 45.6 Å². The minimum Gasteiger partial charge on any atom is -0.494 e. The number of benzene rings is 1. The Hall–Kier alpha value is -1.02. The van der Waals surface area contributed by atoms with E-state index in [4.69, 9.17) is 4.74 Å². The van der Waals surface area contributed by atoms with Crippen molar-refractivity contribution in [1.29, 1.82) is 0 Å². The lowest BCUT2D eigenvalue weighted by Gasteiger charge is -2.23. The fourth-order valence-electron chi connectivity index (χ4n) is 2.57. The zero-order chi connectivity index (χ0) is 13.7. The third-order valence-corrected chi connectivity index (χ3v) is 3.89. The normalized spacial score (nSPS) is 20.3. The number of piperidine rings is 1. The van der Waals surface area contributed by atoms with Crippen LogP contribution in [0.15, 0.2) is 24.3 Å². The second kappa shape index (κ2) is 6.42. The number of ether oxygens (including phenoxy) is 1.